The Kier molecular flexibility index (Phi) is 5.00. The first-order valence-corrected chi connectivity index (χ1v) is 15.7. The van der Waals surface area contributed by atoms with Crippen LogP contribution in [0.25, 0.3) is 66.2 Å². The standard InChI is InChI=1S/C41H28N4O/c1-41(2)33-14-8-13-31-30-20-18-27(23-37(30)45(38(31)33)40-34(41)15-9-21-42-40)46-26-17-19-28-29-12-6-7-16-36(29)44-24-35(25-10-4-3-5-11-25)43-39(44)32(28)22-26/h3-24H,1-2H3. The van der Waals surface area contributed by atoms with Crippen LogP contribution in [0.15, 0.2) is 134 Å². The predicted octanol–water partition coefficient (Wildman–Crippen LogP) is 10.2. The zero-order chi connectivity index (χ0) is 30.6. The topological polar surface area (TPSA) is 44.4 Å². The van der Waals surface area contributed by atoms with Crippen LogP contribution in [0.1, 0.15) is 25.0 Å². The number of rotatable bonds is 3. The van der Waals surface area contributed by atoms with Crippen molar-refractivity contribution in [1.82, 2.24) is 18.9 Å². The van der Waals surface area contributed by atoms with Crippen molar-refractivity contribution in [2.24, 2.45) is 0 Å². The molecule has 5 heteroatoms. The molecule has 0 aliphatic carbocycles. The highest BCUT2D eigenvalue weighted by Crippen LogP contribution is 2.47. The van der Waals surface area contributed by atoms with Gasteiger partial charge in [-0.25, -0.2) is 9.97 Å². The predicted molar refractivity (Wildman–Crippen MR) is 186 cm³/mol. The molecule has 0 bridgehead atoms. The Morgan fingerprint density at radius 3 is 2.24 bits per heavy atom. The number of pyridine rings is 2. The van der Waals surface area contributed by atoms with Gasteiger partial charge in [0.25, 0.3) is 0 Å². The molecule has 0 saturated heterocycles. The zero-order valence-corrected chi connectivity index (χ0v) is 25.4. The minimum Gasteiger partial charge on any atom is -0.457 e. The summed E-state index contributed by atoms with van der Waals surface area (Å²) in [6.07, 6.45) is 4.03. The summed E-state index contributed by atoms with van der Waals surface area (Å²) < 4.78 is 11.2. The number of imidazole rings is 1. The summed E-state index contributed by atoms with van der Waals surface area (Å²) in [5.41, 5.74) is 8.77. The van der Waals surface area contributed by atoms with E-state index in [1.807, 2.05) is 18.3 Å². The summed E-state index contributed by atoms with van der Waals surface area (Å²) in [7, 11) is 0. The Balaban J connectivity index is 1.16. The van der Waals surface area contributed by atoms with Crippen molar-refractivity contribution in [1.29, 1.82) is 0 Å². The van der Waals surface area contributed by atoms with Crippen molar-refractivity contribution >= 4 is 49.1 Å². The second-order valence-electron chi connectivity index (χ2n) is 12.7. The fraction of sp³-hybridized carbons (Fsp3) is 0.0732. The van der Waals surface area contributed by atoms with E-state index in [1.165, 1.54) is 32.8 Å². The fourth-order valence-electron chi connectivity index (χ4n) is 7.60. The fourth-order valence-corrected chi connectivity index (χ4v) is 7.60. The number of nitrogens with zero attached hydrogens (tertiary/aromatic N) is 4. The molecule has 0 unspecified atom stereocenters. The van der Waals surface area contributed by atoms with Crippen LogP contribution in [0.4, 0.5) is 0 Å². The van der Waals surface area contributed by atoms with E-state index in [1.54, 1.807) is 0 Å². The van der Waals surface area contributed by atoms with Crippen LogP contribution in [-0.4, -0.2) is 18.9 Å². The van der Waals surface area contributed by atoms with Crippen molar-refractivity contribution < 1.29 is 4.74 Å². The second-order valence-corrected chi connectivity index (χ2v) is 12.7. The number of aromatic nitrogens is 4. The summed E-state index contributed by atoms with van der Waals surface area (Å²) in [5, 5.41) is 5.80. The minimum atomic E-state index is -0.152. The largest absolute Gasteiger partial charge is 0.457 e. The number of ether oxygens (including phenoxy) is 1. The highest BCUT2D eigenvalue weighted by Gasteiger charge is 2.35. The number of para-hydroxylation sites is 2. The third-order valence-electron chi connectivity index (χ3n) is 9.80. The highest BCUT2D eigenvalue weighted by atomic mass is 16.5. The Hall–Kier alpha value is -5.94. The third-order valence-corrected chi connectivity index (χ3v) is 9.80. The van der Waals surface area contributed by atoms with Gasteiger partial charge in [0.15, 0.2) is 0 Å². The first-order chi connectivity index (χ1) is 22.6. The molecule has 1 aliphatic rings. The van der Waals surface area contributed by atoms with Crippen molar-refractivity contribution in [3.8, 4) is 28.6 Å². The van der Waals surface area contributed by atoms with Gasteiger partial charge in [-0.2, -0.15) is 0 Å². The third kappa shape index (κ3) is 3.40. The lowest BCUT2D eigenvalue weighted by Gasteiger charge is -2.33. The summed E-state index contributed by atoms with van der Waals surface area (Å²) in [6, 6.07) is 42.5. The summed E-state index contributed by atoms with van der Waals surface area (Å²) in [4.78, 5) is 10.0. The van der Waals surface area contributed by atoms with Crippen molar-refractivity contribution in [2.75, 3.05) is 0 Å². The maximum atomic E-state index is 6.65. The van der Waals surface area contributed by atoms with Crippen LogP contribution in [0, 0.1) is 0 Å². The molecule has 0 radical (unpaired) electrons. The Bertz CT molecular complexity index is 2700. The molecule has 5 aromatic carbocycles. The van der Waals surface area contributed by atoms with Gasteiger partial charge in [-0.15, -0.1) is 0 Å². The molecule has 0 N–H and O–H groups in total. The minimum absolute atomic E-state index is 0.152. The normalized spacial score (nSPS) is 13.6. The van der Waals surface area contributed by atoms with E-state index in [2.05, 4.69) is 138 Å². The lowest BCUT2D eigenvalue weighted by Crippen LogP contribution is -2.26. The molecule has 0 atom stereocenters. The molecular formula is C41H28N4O. The van der Waals surface area contributed by atoms with Crippen molar-refractivity contribution in [3.63, 3.8) is 0 Å². The molecule has 10 rings (SSSR count). The molecule has 9 aromatic rings. The van der Waals surface area contributed by atoms with E-state index in [0.717, 1.165) is 56.0 Å². The lowest BCUT2D eigenvalue weighted by atomic mass is 9.76. The summed E-state index contributed by atoms with van der Waals surface area (Å²) in [6.45, 7) is 4.58. The van der Waals surface area contributed by atoms with E-state index in [9.17, 15) is 0 Å². The molecule has 4 aromatic heterocycles. The monoisotopic (exact) mass is 592 g/mol. The maximum absolute atomic E-state index is 6.65. The molecule has 5 nitrogen and oxygen atoms in total. The molecule has 0 saturated carbocycles. The average molecular weight is 593 g/mol. The number of fused-ring (bicyclic) bond motifs is 11. The first kappa shape index (κ1) is 25.4. The van der Waals surface area contributed by atoms with Crippen LogP contribution >= 0.6 is 0 Å². The van der Waals surface area contributed by atoms with E-state index in [-0.39, 0.29) is 5.41 Å². The number of benzene rings is 5. The molecule has 5 heterocycles. The highest BCUT2D eigenvalue weighted by molar-refractivity contribution is 6.13. The molecule has 0 spiro atoms. The van der Waals surface area contributed by atoms with E-state index >= 15 is 0 Å². The van der Waals surface area contributed by atoms with Gasteiger partial charge in [0.2, 0.25) is 0 Å². The maximum Gasteiger partial charge on any atom is 0.146 e. The molecule has 218 valence electrons. The van der Waals surface area contributed by atoms with Crippen LogP contribution in [0.2, 0.25) is 0 Å². The van der Waals surface area contributed by atoms with Gasteiger partial charge in [0.05, 0.1) is 22.2 Å². The molecule has 1 aliphatic heterocycles. The molecule has 46 heavy (non-hydrogen) atoms. The summed E-state index contributed by atoms with van der Waals surface area (Å²) >= 11 is 0. The molecule has 0 amide bonds. The van der Waals surface area contributed by atoms with Gasteiger partial charge in [-0.1, -0.05) is 86.6 Å². The molecule has 0 fully saturated rings. The van der Waals surface area contributed by atoms with E-state index in [0.29, 0.717) is 0 Å². The lowest BCUT2D eigenvalue weighted by molar-refractivity contribution is 0.484. The van der Waals surface area contributed by atoms with Crippen LogP contribution in [0.3, 0.4) is 0 Å². The van der Waals surface area contributed by atoms with Gasteiger partial charge in [0.1, 0.15) is 23.0 Å². The number of hydrogen-bond acceptors (Lipinski definition) is 3. The number of hydrogen-bond donors (Lipinski definition) is 0. The van der Waals surface area contributed by atoms with Crippen LogP contribution < -0.4 is 4.74 Å². The first-order valence-electron chi connectivity index (χ1n) is 15.7. The van der Waals surface area contributed by atoms with Crippen molar-refractivity contribution in [2.45, 2.75) is 19.3 Å². The van der Waals surface area contributed by atoms with Crippen molar-refractivity contribution in [3.05, 3.63) is 145 Å². The van der Waals surface area contributed by atoms with Gasteiger partial charge >= 0.3 is 0 Å². The van der Waals surface area contributed by atoms with Gasteiger partial charge in [-0.3, -0.25) is 8.97 Å². The Morgan fingerprint density at radius 1 is 0.609 bits per heavy atom. The quantitative estimate of drug-likeness (QED) is 0.192. The Labute approximate surface area is 265 Å². The Morgan fingerprint density at radius 2 is 1.35 bits per heavy atom. The summed E-state index contributed by atoms with van der Waals surface area (Å²) in [5.74, 6) is 2.53. The van der Waals surface area contributed by atoms with Gasteiger partial charge in [0, 0.05) is 56.5 Å². The van der Waals surface area contributed by atoms with Crippen LogP contribution in [0.5, 0.6) is 11.5 Å². The van der Waals surface area contributed by atoms with E-state index < -0.39 is 0 Å². The zero-order valence-electron chi connectivity index (χ0n) is 25.4. The van der Waals surface area contributed by atoms with Gasteiger partial charge in [-0.05, 0) is 53.4 Å². The second kappa shape index (κ2) is 9.05. The molecular weight excluding hydrogens is 564 g/mol. The van der Waals surface area contributed by atoms with Crippen LogP contribution in [-0.2, 0) is 5.41 Å². The smallest absolute Gasteiger partial charge is 0.146 e. The van der Waals surface area contributed by atoms with E-state index in [4.69, 9.17) is 14.7 Å². The van der Waals surface area contributed by atoms with Gasteiger partial charge < -0.3 is 4.74 Å². The average Bonchev–Trinajstić information content (AvgIpc) is 3.69. The SMILES string of the molecule is CC1(C)c2cccnc2-n2c3cc(Oc4ccc5c6ccccc6n6cc(-c7ccccc7)nc6c5c4)ccc3c3cccc1c32.